The lowest BCUT2D eigenvalue weighted by Gasteiger charge is -2.45. The summed E-state index contributed by atoms with van der Waals surface area (Å²) in [5.41, 5.74) is -0.909. The monoisotopic (exact) mass is 311 g/mol. The van der Waals surface area contributed by atoms with Gasteiger partial charge in [0.25, 0.3) is 0 Å². The van der Waals surface area contributed by atoms with Crippen LogP contribution in [0.15, 0.2) is 12.1 Å². The molecule has 2 aliphatic carbocycles. The van der Waals surface area contributed by atoms with Crippen molar-refractivity contribution in [3.8, 4) is 5.75 Å². The quantitative estimate of drug-likeness (QED) is 0.902. The zero-order chi connectivity index (χ0) is 16.1. The van der Waals surface area contributed by atoms with Crippen LogP contribution in [-0.4, -0.2) is 35.8 Å². The van der Waals surface area contributed by atoms with E-state index in [9.17, 15) is 19.0 Å². The molecule has 1 aromatic rings. The molecule has 22 heavy (non-hydrogen) atoms. The second kappa shape index (κ2) is 5.46. The van der Waals surface area contributed by atoms with E-state index < -0.39 is 23.0 Å². The summed E-state index contributed by atoms with van der Waals surface area (Å²) in [7, 11) is 3.90. The van der Waals surface area contributed by atoms with Gasteiger partial charge in [-0.15, -0.1) is 0 Å². The average molecular weight is 311 g/mol. The lowest BCUT2D eigenvalue weighted by atomic mass is 9.66. The van der Waals surface area contributed by atoms with Crippen LogP contribution in [-0.2, 0) is 5.60 Å². The SMILES string of the molecule is CN(C)C[C@H]1[C@@H]2CC[C@@H](C2)C[C@]1(O)c1cc(O)c(F)c(F)c1. The lowest BCUT2D eigenvalue weighted by Crippen LogP contribution is -2.47. The third kappa shape index (κ3) is 2.50. The van der Waals surface area contributed by atoms with Gasteiger partial charge in [0, 0.05) is 12.5 Å². The molecule has 0 aliphatic heterocycles. The highest BCUT2D eigenvalue weighted by molar-refractivity contribution is 5.35. The van der Waals surface area contributed by atoms with Crippen molar-refractivity contribution in [1.82, 2.24) is 4.90 Å². The van der Waals surface area contributed by atoms with Crippen molar-refractivity contribution in [3.05, 3.63) is 29.3 Å². The molecule has 2 saturated carbocycles. The summed E-state index contributed by atoms with van der Waals surface area (Å²) in [6.45, 7) is 0.688. The van der Waals surface area contributed by atoms with Crippen LogP contribution in [0.4, 0.5) is 8.78 Å². The fourth-order valence-corrected chi connectivity index (χ4v) is 4.50. The van der Waals surface area contributed by atoms with Crippen molar-refractivity contribution in [2.45, 2.75) is 31.3 Å². The molecule has 3 rings (SSSR count). The second-order valence-electron chi connectivity index (χ2n) is 7.23. The van der Waals surface area contributed by atoms with Gasteiger partial charge in [-0.2, -0.15) is 4.39 Å². The number of aromatic hydroxyl groups is 1. The van der Waals surface area contributed by atoms with Crippen LogP contribution in [0, 0.1) is 29.4 Å². The number of phenolic OH excluding ortho intramolecular Hbond substituents is 1. The predicted octanol–water partition coefficient (Wildman–Crippen LogP) is 2.86. The number of hydrogen-bond donors (Lipinski definition) is 2. The van der Waals surface area contributed by atoms with E-state index in [0.717, 1.165) is 25.3 Å². The van der Waals surface area contributed by atoms with Gasteiger partial charge < -0.3 is 15.1 Å². The molecule has 4 atom stereocenters. The van der Waals surface area contributed by atoms with Crippen molar-refractivity contribution < 1.29 is 19.0 Å². The van der Waals surface area contributed by atoms with Gasteiger partial charge >= 0.3 is 0 Å². The van der Waals surface area contributed by atoms with Crippen molar-refractivity contribution in [2.24, 2.45) is 17.8 Å². The molecule has 122 valence electrons. The summed E-state index contributed by atoms with van der Waals surface area (Å²) in [6, 6.07) is 2.23. The van der Waals surface area contributed by atoms with Crippen LogP contribution < -0.4 is 0 Å². The summed E-state index contributed by atoms with van der Waals surface area (Å²) < 4.78 is 27.1. The van der Waals surface area contributed by atoms with Gasteiger partial charge in [-0.25, -0.2) is 4.39 Å². The molecular weight excluding hydrogens is 288 g/mol. The third-order valence-corrected chi connectivity index (χ3v) is 5.43. The minimum Gasteiger partial charge on any atom is -0.505 e. The Morgan fingerprint density at radius 3 is 2.64 bits per heavy atom. The number of rotatable bonds is 3. The van der Waals surface area contributed by atoms with E-state index in [0.29, 0.717) is 30.4 Å². The molecule has 2 N–H and O–H groups in total. The van der Waals surface area contributed by atoms with E-state index in [2.05, 4.69) is 0 Å². The topological polar surface area (TPSA) is 43.7 Å². The van der Waals surface area contributed by atoms with E-state index in [4.69, 9.17) is 0 Å². The van der Waals surface area contributed by atoms with Crippen molar-refractivity contribution in [3.63, 3.8) is 0 Å². The Balaban J connectivity index is 2.04. The Labute approximate surface area is 129 Å². The first-order valence-electron chi connectivity index (χ1n) is 7.87. The first kappa shape index (κ1) is 15.7. The molecule has 2 fully saturated rings. The van der Waals surface area contributed by atoms with Crippen LogP contribution >= 0.6 is 0 Å². The predicted molar refractivity (Wildman–Crippen MR) is 79.4 cm³/mol. The van der Waals surface area contributed by atoms with Gasteiger partial charge in [-0.1, -0.05) is 6.42 Å². The highest BCUT2D eigenvalue weighted by atomic mass is 19.2. The molecule has 0 radical (unpaired) electrons. The molecular formula is C17H23F2NO2. The van der Waals surface area contributed by atoms with Gasteiger partial charge in [0.15, 0.2) is 17.4 Å². The molecule has 2 bridgehead atoms. The van der Waals surface area contributed by atoms with Gasteiger partial charge in [0.1, 0.15) is 0 Å². The van der Waals surface area contributed by atoms with E-state index in [1.165, 1.54) is 6.07 Å². The molecule has 3 nitrogen and oxygen atoms in total. The summed E-state index contributed by atoms with van der Waals surface area (Å²) in [5, 5.41) is 21.0. The number of fused-ring (bicyclic) bond motifs is 2. The van der Waals surface area contributed by atoms with E-state index in [-0.39, 0.29) is 5.92 Å². The van der Waals surface area contributed by atoms with Gasteiger partial charge in [0.05, 0.1) is 5.60 Å². The van der Waals surface area contributed by atoms with E-state index >= 15 is 0 Å². The molecule has 0 saturated heterocycles. The maximum Gasteiger partial charge on any atom is 0.200 e. The van der Waals surface area contributed by atoms with Crippen LogP contribution in [0.25, 0.3) is 0 Å². The van der Waals surface area contributed by atoms with Crippen molar-refractivity contribution in [2.75, 3.05) is 20.6 Å². The van der Waals surface area contributed by atoms with Gasteiger partial charge in [-0.05, 0) is 62.9 Å². The molecule has 1 aromatic carbocycles. The van der Waals surface area contributed by atoms with Crippen LogP contribution in [0.5, 0.6) is 5.75 Å². The molecule has 0 heterocycles. The van der Waals surface area contributed by atoms with Gasteiger partial charge in [-0.3, -0.25) is 0 Å². The van der Waals surface area contributed by atoms with Gasteiger partial charge in [0.2, 0.25) is 0 Å². The number of nitrogens with zero attached hydrogens (tertiary/aromatic N) is 1. The average Bonchev–Trinajstić information content (AvgIpc) is 2.84. The summed E-state index contributed by atoms with van der Waals surface area (Å²) in [4.78, 5) is 2.02. The number of hydrogen-bond acceptors (Lipinski definition) is 3. The van der Waals surface area contributed by atoms with E-state index in [1.807, 2.05) is 19.0 Å². The molecule has 2 aliphatic rings. The molecule has 0 spiro atoms. The van der Waals surface area contributed by atoms with Crippen molar-refractivity contribution in [1.29, 1.82) is 0 Å². The summed E-state index contributed by atoms with van der Waals surface area (Å²) in [5.74, 6) is -2.32. The Bertz CT molecular complexity index is 555. The Kier molecular flexibility index (Phi) is 3.89. The highest BCUT2D eigenvalue weighted by Gasteiger charge is 2.51. The minimum atomic E-state index is -1.25. The molecule has 0 unspecified atom stereocenters. The standard InChI is InChI=1S/C17H23F2NO2/c1-20(2)9-13-11-4-3-10(5-11)8-17(13,22)12-6-14(18)16(19)15(21)7-12/h6-7,10-11,13,21-22H,3-5,8-9H2,1-2H3/t10-,11+,13-,17-/m0/s1. The Hall–Kier alpha value is -1.20. The summed E-state index contributed by atoms with van der Waals surface area (Å²) in [6.07, 6.45) is 3.79. The number of benzene rings is 1. The zero-order valence-corrected chi connectivity index (χ0v) is 13.0. The lowest BCUT2D eigenvalue weighted by molar-refractivity contribution is -0.0894. The first-order valence-corrected chi connectivity index (χ1v) is 7.87. The van der Waals surface area contributed by atoms with Crippen LogP contribution in [0.3, 0.4) is 0 Å². The maximum atomic E-state index is 13.7. The number of halogens is 2. The molecule has 0 aromatic heterocycles. The highest BCUT2D eigenvalue weighted by Crippen LogP contribution is 2.54. The van der Waals surface area contributed by atoms with Crippen LogP contribution in [0.1, 0.15) is 31.2 Å². The maximum absolute atomic E-state index is 13.7. The Morgan fingerprint density at radius 1 is 1.27 bits per heavy atom. The number of phenols is 1. The fourth-order valence-electron chi connectivity index (χ4n) is 4.50. The smallest absolute Gasteiger partial charge is 0.200 e. The molecule has 5 heteroatoms. The third-order valence-electron chi connectivity index (χ3n) is 5.43. The minimum absolute atomic E-state index is 0.0366. The van der Waals surface area contributed by atoms with Crippen molar-refractivity contribution >= 4 is 0 Å². The normalized spacial score (nSPS) is 34.4. The molecule has 0 amide bonds. The van der Waals surface area contributed by atoms with E-state index in [1.54, 1.807) is 0 Å². The zero-order valence-electron chi connectivity index (χ0n) is 13.0. The first-order chi connectivity index (χ1) is 10.3. The fraction of sp³-hybridized carbons (Fsp3) is 0.647. The summed E-state index contributed by atoms with van der Waals surface area (Å²) >= 11 is 0. The second-order valence-corrected chi connectivity index (χ2v) is 7.23. The Morgan fingerprint density at radius 2 is 2.00 bits per heavy atom. The largest absolute Gasteiger partial charge is 0.505 e. The van der Waals surface area contributed by atoms with Crippen LogP contribution in [0.2, 0.25) is 0 Å². The number of aliphatic hydroxyl groups is 1.